The van der Waals surface area contributed by atoms with E-state index in [4.69, 9.17) is 9.47 Å². The summed E-state index contributed by atoms with van der Waals surface area (Å²) in [4.78, 5) is 27.9. The third-order valence-corrected chi connectivity index (χ3v) is 5.82. The standard InChI is InChI=1S/C30H41NO4/c1-4-6-7-8-9-10-11-12-13-14-30(33)35-27-21-22-28(31-23-27)26-19-17-25(18-20-26)16-15-24(3)34-29(32)5-2/h10-11,17-24H,4-9,12-16H2,1-3H3. The SMILES string of the molecule is CCCCCCC=CCCCC(=O)Oc1ccc(-c2ccc(CCC(C)OC(=O)CC)cc2)nc1. The summed E-state index contributed by atoms with van der Waals surface area (Å²) in [6, 6.07) is 11.9. The first-order chi connectivity index (χ1) is 17.0. The van der Waals surface area contributed by atoms with Crippen LogP contribution in [0, 0.1) is 0 Å². The molecule has 0 amide bonds. The van der Waals surface area contributed by atoms with E-state index in [1.807, 2.05) is 25.1 Å². The van der Waals surface area contributed by atoms with Gasteiger partial charge in [-0.05, 0) is 63.1 Å². The van der Waals surface area contributed by atoms with Crippen molar-refractivity contribution < 1.29 is 19.1 Å². The van der Waals surface area contributed by atoms with Crippen LogP contribution in [0.2, 0.25) is 0 Å². The summed E-state index contributed by atoms with van der Waals surface area (Å²) in [7, 11) is 0. The zero-order chi connectivity index (χ0) is 25.3. The molecule has 0 radical (unpaired) electrons. The molecule has 0 saturated carbocycles. The van der Waals surface area contributed by atoms with Gasteiger partial charge in [-0.2, -0.15) is 0 Å². The number of nitrogens with zero attached hydrogens (tertiary/aromatic N) is 1. The van der Waals surface area contributed by atoms with Crippen LogP contribution in [0.5, 0.6) is 5.75 Å². The second kappa shape index (κ2) is 16.6. The summed E-state index contributed by atoms with van der Waals surface area (Å²) in [6.45, 7) is 5.95. The van der Waals surface area contributed by atoms with Gasteiger partial charge in [-0.1, -0.05) is 69.5 Å². The molecule has 0 aliphatic carbocycles. The lowest BCUT2D eigenvalue weighted by Gasteiger charge is -2.12. The van der Waals surface area contributed by atoms with Crippen LogP contribution in [0.4, 0.5) is 0 Å². The number of carbonyl (C=O) groups excluding carboxylic acids is 2. The van der Waals surface area contributed by atoms with Gasteiger partial charge < -0.3 is 9.47 Å². The Bertz CT molecular complexity index is 903. The normalized spacial score (nSPS) is 12.0. The Hall–Kier alpha value is -2.95. The molecule has 5 heteroatoms. The van der Waals surface area contributed by atoms with Crippen molar-refractivity contribution in [2.45, 2.75) is 97.5 Å². The summed E-state index contributed by atoms with van der Waals surface area (Å²) < 4.78 is 10.7. The molecule has 1 unspecified atom stereocenters. The number of rotatable bonds is 16. The smallest absolute Gasteiger partial charge is 0.311 e. The van der Waals surface area contributed by atoms with Gasteiger partial charge in [-0.3, -0.25) is 14.6 Å². The highest BCUT2D eigenvalue weighted by Gasteiger charge is 2.09. The van der Waals surface area contributed by atoms with Crippen LogP contribution in [0.1, 0.15) is 90.5 Å². The van der Waals surface area contributed by atoms with E-state index < -0.39 is 0 Å². The van der Waals surface area contributed by atoms with Crippen molar-refractivity contribution in [2.75, 3.05) is 0 Å². The van der Waals surface area contributed by atoms with Crippen LogP contribution in [-0.2, 0) is 20.7 Å². The van der Waals surface area contributed by atoms with E-state index in [1.165, 1.54) is 31.2 Å². The Morgan fingerprint density at radius 2 is 1.66 bits per heavy atom. The zero-order valence-corrected chi connectivity index (χ0v) is 21.6. The first kappa shape index (κ1) is 28.3. The van der Waals surface area contributed by atoms with E-state index in [1.54, 1.807) is 19.2 Å². The maximum atomic E-state index is 12.1. The molecule has 0 aliphatic rings. The van der Waals surface area contributed by atoms with Gasteiger partial charge in [-0.25, -0.2) is 0 Å². The number of hydrogen-bond donors (Lipinski definition) is 0. The number of hydrogen-bond acceptors (Lipinski definition) is 5. The number of benzene rings is 1. The number of ether oxygens (including phenoxy) is 2. The number of aromatic nitrogens is 1. The number of esters is 2. The molecule has 190 valence electrons. The summed E-state index contributed by atoms with van der Waals surface area (Å²) in [5.74, 6) is 0.0882. The fourth-order valence-corrected chi connectivity index (χ4v) is 3.66. The Morgan fingerprint density at radius 1 is 0.914 bits per heavy atom. The van der Waals surface area contributed by atoms with Crippen LogP contribution < -0.4 is 4.74 Å². The van der Waals surface area contributed by atoms with Crippen molar-refractivity contribution in [3.05, 3.63) is 60.3 Å². The number of aryl methyl sites for hydroxylation is 1. The van der Waals surface area contributed by atoms with E-state index in [0.29, 0.717) is 18.6 Å². The molecule has 5 nitrogen and oxygen atoms in total. The van der Waals surface area contributed by atoms with Crippen LogP contribution in [0.15, 0.2) is 54.7 Å². The van der Waals surface area contributed by atoms with Gasteiger partial charge in [0.05, 0.1) is 18.0 Å². The molecule has 1 aromatic carbocycles. The van der Waals surface area contributed by atoms with Crippen molar-refractivity contribution in [1.29, 1.82) is 0 Å². The van der Waals surface area contributed by atoms with Gasteiger partial charge in [0.2, 0.25) is 0 Å². The predicted molar refractivity (Wildman–Crippen MR) is 141 cm³/mol. The largest absolute Gasteiger partial charge is 0.463 e. The van der Waals surface area contributed by atoms with Gasteiger partial charge >= 0.3 is 11.9 Å². The first-order valence-corrected chi connectivity index (χ1v) is 13.1. The fraction of sp³-hybridized carbons (Fsp3) is 0.500. The van der Waals surface area contributed by atoms with Crippen molar-refractivity contribution in [3.63, 3.8) is 0 Å². The molecule has 1 heterocycles. The summed E-state index contributed by atoms with van der Waals surface area (Å²) in [5, 5.41) is 0. The van der Waals surface area contributed by atoms with Crippen LogP contribution in [0.3, 0.4) is 0 Å². The average molecular weight is 480 g/mol. The molecule has 1 atom stereocenters. The van der Waals surface area contributed by atoms with E-state index in [2.05, 4.69) is 36.2 Å². The van der Waals surface area contributed by atoms with Gasteiger partial charge in [0.15, 0.2) is 0 Å². The minimum atomic E-state index is -0.223. The molecular formula is C30H41NO4. The summed E-state index contributed by atoms with van der Waals surface area (Å²) in [5.41, 5.74) is 3.01. The fourth-order valence-electron chi connectivity index (χ4n) is 3.66. The Kier molecular flexibility index (Phi) is 13.4. The molecule has 2 rings (SSSR count). The van der Waals surface area contributed by atoms with Crippen molar-refractivity contribution in [3.8, 4) is 17.0 Å². The second-order valence-electron chi connectivity index (χ2n) is 8.96. The van der Waals surface area contributed by atoms with Gasteiger partial charge in [-0.15, -0.1) is 0 Å². The molecule has 0 N–H and O–H groups in total. The highest BCUT2D eigenvalue weighted by atomic mass is 16.5. The number of pyridine rings is 1. The lowest BCUT2D eigenvalue weighted by Crippen LogP contribution is -2.14. The highest BCUT2D eigenvalue weighted by Crippen LogP contribution is 2.21. The van der Waals surface area contributed by atoms with Crippen LogP contribution in [0.25, 0.3) is 11.3 Å². The van der Waals surface area contributed by atoms with Crippen LogP contribution in [-0.4, -0.2) is 23.0 Å². The molecule has 35 heavy (non-hydrogen) atoms. The van der Waals surface area contributed by atoms with E-state index in [9.17, 15) is 9.59 Å². The minimum absolute atomic E-state index is 0.0872. The quantitative estimate of drug-likeness (QED) is 0.141. The summed E-state index contributed by atoms with van der Waals surface area (Å²) >= 11 is 0. The maximum Gasteiger partial charge on any atom is 0.311 e. The molecule has 0 saturated heterocycles. The lowest BCUT2D eigenvalue weighted by molar-refractivity contribution is -0.148. The van der Waals surface area contributed by atoms with E-state index in [0.717, 1.165) is 43.4 Å². The third-order valence-electron chi connectivity index (χ3n) is 5.82. The lowest BCUT2D eigenvalue weighted by atomic mass is 10.0. The minimum Gasteiger partial charge on any atom is -0.463 e. The molecular weight excluding hydrogens is 438 g/mol. The first-order valence-electron chi connectivity index (χ1n) is 13.1. The average Bonchev–Trinajstić information content (AvgIpc) is 2.87. The second-order valence-corrected chi connectivity index (χ2v) is 8.96. The molecule has 1 aromatic heterocycles. The number of allylic oxidation sites excluding steroid dienone is 2. The van der Waals surface area contributed by atoms with Crippen molar-refractivity contribution in [2.24, 2.45) is 0 Å². The Labute approximate surface area is 211 Å². The number of carbonyl (C=O) groups is 2. The molecule has 2 aromatic rings. The van der Waals surface area contributed by atoms with E-state index in [-0.39, 0.29) is 18.0 Å². The Balaban J connectivity index is 1.71. The Morgan fingerprint density at radius 3 is 2.31 bits per heavy atom. The zero-order valence-electron chi connectivity index (χ0n) is 21.6. The van der Waals surface area contributed by atoms with E-state index >= 15 is 0 Å². The predicted octanol–water partition coefficient (Wildman–Crippen LogP) is 7.63. The molecule has 0 aliphatic heterocycles. The maximum absolute atomic E-state index is 12.1. The third kappa shape index (κ3) is 11.8. The monoisotopic (exact) mass is 479 g/mol. The number of unbranched alkanes of at least 4 members (excludes halogenated alkanes) is 5. The van der Waals surface area contributed by atoms with Gasteiger partial charge in [0.25, 0.3) is 0 Å². The summed E-state index contributed by atoms with van der Waals surface area (Å²) in [6.07, 6.45) is 16.3. The molecule has 0 spiro atoms. The molecule has 0 fully saturated rings. The highest BCUT2D eigenvalue weighted by molar-refractivity contribution is 5.72. The van der Waals surface area contributed by atoms with Crippen molar-refractivity contribution in [1.82, 2.24) is 4.98 Å². The molecule has 0 bridgehead atoms. The van der Waals surface area contributed by atoms with Crippen LogP contribution >= 0.6 is 0 Å². The van der Waals surface area contributed by atoms with Gasteiger partial charge in [0.1, 0.15) is 5.75 Å². The van der Waals surface area contributed by atoms with Crippen molar-refractivity contribution >= 4 is 11.9 Å². The van der Waals surface area contributed by atoms with Gasteiger partial charge in [0, 0.05) is 18.4 Å². The topological polar surface area (TPSA) is 65.5 Å².